The molecule has 0 spiro atoms. The van der Waals surface area contributed by atoms with E-state index in [0.717, 1.165) is 15.4 Å². The number of imide groups is 1. The van der Waals surface area contributed by atoms with Crippen LogP contribution in [-0.2, 0) is 4.53 Å². The zero-order valence-electron chi connectivity index (χ0n) is 14.3. The predicted octanol–water partition coefficient (Wildman–Crippen LogP) is 2.60. The van der Waals surface area contributed by atoms with Crippen molar-refractivity contribution in [2.75, 3.05) is 0 Å². The molecule has 0 saturated heterocycles. The summed E-state index contributed by atoms with van der Waals surface area (Å²) in [6, 6.07) is 26.4. The van der Waals surface area contributed by atoms with Crippen LogP contribution in [0.3, 0.4) is 0 Å². The van der Waals surface area contributed by atoms with Crippen molar-refractivity contribution < 1.29 is 14.1 Å². The Morgan fingerprint density at radius 3 is 1.46 bits per heavy atom. The van der Waals surface area contributed by atoms with E-state index in [0.29, 0.717) is 11.1 Å². The summed E-state index contributed by atoms with van der Waals surface area (Å²) < 4.78 is 6.25. The van der Waals surface area contributed by atoms with Crippen LogP contribution in [0.1, 0.15) is 20.7 Å². The van der Waals surface area contributed by atoms with Gasteiger partial charge in [-0.2, -0.15) is 5.06 Å². The molecular formula is C21H17NO3Si. The van der Waals surface area contributed by atoms with Crippen LogP contribution in [0.2, 0.25) is 6.55 Å². The van der Waals surface area contributed by atoms with Gasteiger partial charge in [-0.1, -0.05) is 72.8 Å². The first-order valence-corrected chi connectivity index (χ1v) is 10.8. The summed E-state index contributed by atoms with van der Waals surface area (Å²) in [5.74, 6) is -0.813. The van der Waals surface area contributed by atoms with E-state index in [1.165, 1.54) is 0 Å². The average Bonchev–Trinajstić information content (AvgIpc) is 2.94. The Morgan fingerprint density at radius 2 is 1.04 bits per heavy atom. The summed E-state index contributed by atoms with van der Waals surface area (Å²) in [6.07, 6.45) is 0. The first-order chi connectivity index (χ1) is 12.6. The standard InChI is InChI=1S/C21H17NO3Si/c1-26(16-10-4-2-5-11-16,17-12-6-3-7-13-17)25-22-20(23)18-14-8-9-15-19(18)21(22)24/h2-15H,1H3. The number of hydroxylamine groups is 2. The van der Waals surface area contributed by atoms with Gasteiger partial charge in [0.05, 0.1) is 11.1 Å². The number of rotatable bonds is 4. The maximum absolute atomic E-state index is 12.7. The number of fused-ring (bicyclic) bond motifs is 1. The van der Waals surface area contributed by atoms with Crippen molar-refractivity contribution in [3.63, 3.8) is 0 Å². The lowest BCUT2D eigenvalue weighted by Crippen LogP contribution is -2.61. The lowest BCUT2D eigenvalue weighted by molar-refractivity contribution is -0.0173. The zero-order chi connectivity index (χ0) is 18.1. The molecule has 3 aromatic carbocycles. The lowest BCUT2D eigenvalue weighted by atomic mass is 10.1. The molecule has 2 amide bonds. The Bertz CT molecular complexity index is 898. The van der Waals surface area contributed by atoms with E-state index in [2.05, 4.69) is 0 Å². The lowest BCUT2D eigenvalue weighted by Gasteiger charge is -2.31. The number of amides is 2. The molecule has 3 aromatic rings. The van der Waals surface area contributed by atoms with E-state index in [1.807, 2.05) is 67.2 Å². The second kappa shape index (κ2) is 6.37. The van der Waals surface area contributed by atoms with Gasteiger partial charge in [0.1, 0.15) is 0 Å². The molecule has 0 bridgehead atoms. The van der Waals surface area contributed by atoms with Gasteiger partial charge < -0.3 is 0 Å². The maximum atomic E-state index is 12.7. The van der Waals surface area contributed by atoms with E-state index < -0.39 is 20.1 Å². The van der Waals surface area contributed by atoms with Crippen LogP contribution in [0.25, 0.3) is 0 Å². The van der Waals surface area contributed by atoms with Gasteiger partial charge in [-0.15, -0.1) is 0 Å². The van der Waals surface area contributed by atoms with Crippen molar-refractivity contribution in [3.8, 4) is 0 Å². The predicted molar refractivity (Wildman–Crippen MR) is 102 cm³/mol. The van der Waals surface area contributed by atoms with Crippen LogP contribution >= 0.6 is 0 Å². The van der Waals surface area contributed by atoms with Gasteiger partial charge in [0.25, 0.3) is 20.1 Å². The summed E-state index contributed by atoms with van der Waals surface area (Å²) >= 11 is 0. The summed E-state index contributed by atoms with van der Waals surface area (Å²) in [6.45, 7) is 2.00. The summed E-state index contributed by atoms with van der Waals surface area (Å²) in [5.41, 5.74) is 0.768. The van der Waals surface area contributed by atoms with Crippen molar-refractivity contribution in [1.29, 1.82) is 0 Å². The molecule has 0 aliphatic carbocycles. The molecule has 4 rings (SSSR count). The smallest absolute Gasteiger partial charge is 0.288 e. The molecule has 1 aliphatic heterocycles. The molecule has 0 N–H and O–H groups in total. The number of hydrogen-bond donors (Lipinski definition) is 0. The first kappa shape index (κ1) is 16.4. The third kappa shape index (κ3) is 2.58. The zero-order valence-corrected chi connectivity index (χ0v) is 15.3. The quantitative estimate of drug-likeness (QED) is 0.531. The summed E-state index contributed by atoms with van der Waals surface area (Å²) in [4.78, 5) is 25.5. The number of carbonyl (C=O) groups is 2. The third-order valence-corrected chi connectivity index (χ3v) is 8.10. The maximum Gasteiger partial charge on any atom is 0.288 e. The Labute approximate surface area is 152 Å². The Hall–Kier alpha value is -3.02. The first-order valence-electron chi connectivity index (χ1n) is 8.39. The van der Waals surface area contributed by atoms with E-state index in [9.17, 15) is 9.59 Å². The van der Waals surface area contributed by atoms with E-state index in [4.69, 9.17) is 4.53 Å². The van der Waals surface area contributed by atoms with Gasteiger partial charge >= 0.3 is 0 Å². The molecule has 0 saturated carbocycles. The topological polar surface area (TPSA) is 46.6 Å². The van der Waals surface area contributed by atoms with Gasteiger partial charge in [-0.3, -0.25) is 14.1 Å². The number of nitrogens with zero attached hydrogens (tertiary/aromatic N) is 1. The van der Waals surface area contributed by atoms with E-state index in [1.54, 1.807) is 24.3 Å². The Kier molecular flexibility index (Phi) is 4.03. The number of hydrogen-bond acceptors (Lipinski definition) is 3. The molecule has 0 unspecified atom stereocenters. The third-order valence-electron chi connectivity index (χ3n) is 4.68. The molecule has 0 atom stereocenters. The van der Waals surface area contributed by atoms with Gasteiger partial charge in [0, 0.05) is 0 Å². The SMILES string of the molecule is C[Si](ON1C(=O)c2ccccc2C1=O)(c1ccccc1)c1ccccc1. The van der Waals surface area contributed by atoms with Gasteiger partial charge in [0.2, 0.25) is 0 Å². The summed E-state index contributed by atoms with van der Waals surface area (Å²) in [5, 5.41) is 2.92. The van der Waals surface area contributed by atoms with Crippen molar-refractivity contribution in [2.45, 2.75) is 6.55 Å². The fourth-order valence-electron chi connectivity index (χ4n) is 3.22. The van der Waals surface area contributed by atoms with Crippen LogP contribution in [-0.4, -0.2) is 25.2 Å². The van der Waals surface area contributed by atoms with Crippen molar-refractivity contribution in [1.82, 2.24) is 5.06 Å². The fraction of sp³-hybridized carbons (Fsp3) is 0.0476. The van der Waals surface area contributed by atoms with Gasteiger partial charge in [-0.25, -0.2) is 0 Å². The van der Waals surface area contributed by atoms with E-state index >= 15 is 0 Å². The molecule has 5 heteroatoms. The fourth-order valence-corrected chi connectivity index (χ4v) is 5.95. The van der Waals surface area contributed by atoms with Crippen molar-refractivity contribution in [3.05, 3.63) is 96.1 Å². The number of carbonyl (C=O) groups excluding carboxylic acids is 2. The normalized spacial score (nSPS) is 13.8. The highest BCUT2D eigenvalue weighted by molar-refractivity contribution is 6.96. The highest BCUT2D eigenvalue weighted by Gasteiger charge is 2.44. The molecule has 1 heterocycles. The highest BCUT2D eigenvalue weighted by Crippen LogP contribution is 2.25. The molecule has 0 aromatic heterocycles. The molecule has 128 valence electrons. The van der Waals surface area contributed by atoms with Crippen molar-refractivity contribution in [2.24, 2.45) is 0 Å². The van der Waals surface area contributed by atoms with Crippen LogP contribution in [0.15, 0.2) is 84.9 Å². The Morgan fingerprint density at radius 1 is 0.654 bits per heavy atom. The number of benzene rings is 3. The van der Waals surface area contributed by atoms with Crippen LogP contribution < -0.4 is 10.4 Å². The van der Waals surface area contributed by atoms with Crippen molar-refractivity contribution >= 4 is 30.5 Å². The monoisotopic (exact) mass is 359 g/mol. The highest BCUT2D eigenvalue weighted by atomic mass is 28.4. The van der Waals surface area contributed by atoms with Crippen LogP contribution in [0, 0.1) is 0 Å². The minimum absolute atomic E-state index is 0.384. The largest absolute Gasteiger partial charge is 0.299 e. The second-order valence-electron chi connectivity index (χ2n) is 6.31. The molecule has 0 fully saturated rings. The minimum Gasteiger partial charge on any atom is -0.299 e. The molecule has 4 nitrogen and oxygen atoms in total. The van der Waals surface area contributed by atoms with Crippen LogP contribution in [0.4, 0.5) is 0 Å². The van der Waals surface area contributed by atoms with Crippen LogP contribution in [0.5, 0.6) is 0 Å². The molecule has 1 aliphatic rings. The molecule has 26 heavy (non-hydrogen) atoms. The summed E-state index contributed by atoms with van der Waals surface area (Å²) in [7, 11) is -2.81. The minimum atomic E-state index is -2.81. The Balaban J connectivity index is 1.78. The average molecular weight is 359 g/mol. The van der Waals surface area contributed by atoms with Gasteiger partial charge in [0.15, 0.2) is 0 Å². The van der Waals surface area contributed by atoms with Gasteiger partial charge in [-0.05, 0) is 29.1 Å². The molecule has 0 radical (unpaired) electrons. The molecular weight excluding hydrogens is 342 g/mol. The second-order valence-corrected chi connectivity index (χ2v) is 9.71. The van der Waals surface area contributed by atoms with E-state index in [-0.39, 0.29) is 0 Å².